The number of likely N-dealkylation sites (tertiary alicyclic amines) is 1. The third-order valence-corrected chi connectivity index (χ3v) is 4.59. The number of aliphatic hydroxyl groups is 1. The zero-order valence-corrected chi connectivity index (χ0v) is 13.8. The van der Waals surface area contributed by atoms with Gasteiger partial charge < -0.3 is 10.0 Å². The molecule has 0 saturated carbocycles. The van der Waals surface area contributed by atoms with Crippen LogP contribution in [0.3, 0.4) is 0 Å². The van der Waals surface area contributed by atoms with Crippen molar-refractivity contribution in [2.24, 2.45) is 0 Å². The molecule has 0 aliphatic carbocycles. The molecule has 3 nitrogen and oxygen atoms in total. The molecule has 0 spiro atoms. The Bertz CT molecular complexity index is 804. The molecule has 7 heteroatoms. The highest BCUT2D eigenvalue weighted by Crippen LogP contribution is 2.33. The average Bonchev–Trinajstić information content (AvgIpc) is 2.98. The van der Waals surface area contributed by atoms with Crippen molar-refractivity contribution in [3.63, 3.8) is 0 Å². The van der Waals surface area contributed by atoms with Crippen LogP contribution in [0.1, 0.15) is 23.1 Å². The summed E-state index contributed by atoms with van der Waals surface area (Å²) in [5.41, 5.74) is -1.31. The van der Waals surface area contributed by atoms with Crippen molar-refractivity contribution in [2.75, 3.05) is 13.1 Å². The summed E-state index contributed by atoms with van der Waals surface area (Å²) in [6.07, 6.45) is -4.36. The lowest BCUT2D eigenvalue weighted by atomic mass is 9.93. The van der Waals surface area contributed by atoms with Crippen LogP contribution < -0.4 is 0 Å². The normalized spacial score (nSPS) is 20.4. The van der Waals surface area contributed by atoms with Gasteiger partial charge in [0.05, 0.1) is 18.5 Å². The van der Waals surface area contributed by atoms with Crippen molar-refractivity contribution in [3.05, 3.63) is 71.0 Å². The summed E-state index contributed by atoms with van der Waals surface area (Å²) < 4.78 is 51.3. The largest absolute Gasteiger partial charge is 0.416 e. The molecule has 138 valence electrons. The summed E-state index contributed by atoms with van der Waals surface area (Å²) in [6, 6.07) is 10.1. The Labute approximate surface area is 147 Å². The maximum atomic E-state index is 13.0. The van der Waals surface area contributed by atoms with Crippen LogP contribution >= 0.6 is 0 Å². The number of nitrogens with zero attached hydrogens (tertiary/aromatic N) is 1. The lowest BCUT2D eigenvalue weighted by molar-refractivity contribution is -0.138. The highest BCUT2D eigenvalue weighted by molar-refractivity contribution is 5.79. The van der Waals surface area contributed by atoms with Crippen molar-refractivity contribution in [1.82, 2.24) is 4.90 Å². The first-order chi connectivity index (χ1) is 12.2. The fraction of sp³-hybridized carbons (Fsp3) is 0.316. The maximum Gasteiger partial charge on any atom is 0.416 e. The number of carbonyl (C=O) groups excluding carboxylic acids is 1. The molecule has 0 radical (unpaired) electrons. The van der Waals surface area contributed by atoms with Crippen molar-refractivity contribution in [3.8, 4) is 0 Å². The summed E-state index contributed by atoms with van der Waals surface area (Å²) >= 11 is 0. The molecule has 1 aliphatic rings. The standard InChI is InChI=1S/C19H17F4NO2/c20-16-6-4-14(5-7-16)18(26)8-9-24(12-18)17(25)11-13-2-1-3-15(10-13)19(21,22)23/h1-7,10,26H,8-9,11-12H2/t18-/m0/s1. The van der Waals surface area contributed by atoms with Gasteiger partial charge in [-0.25, -0.2) is 4.39 Å². The molecule has 1 N–H and O–H groups in total. The topological polar surface area (TPSA) is 40.5 Å². The van der Waals surface area contributed by atoms with Gasteiger partial charge in [0.15, 0.2) is 0 Å². The number of hydrogen-bond donors (Lipinski definition) is 1. The van der Waals surface area contributed by atoms with E-state index in [1.54, 1.807) is 0 Å². The fourth-order valence-electron chi connectivity index (χ4n) is 3.15. The number of benzene rings is 2. The second-order valence-corrected chi connectivity index (χ2v) is 6.48. The van der Waals surface area contributed by atoms with Crippen LogP contribution in [0.5, 0.6) is 0 Å². The number of rotatable bonds is 3. The highest BCUT2D eigenvalue weighted by Gasteiger charge is 2.39. The molecule has 0 unspecified atom stereocenters. The van der Waals surface area contributed by atoms with E-state index in [-0.39, 0.29) is 37.4 Å². The maximum absolute atomic E-state index is 13.0. The van der Waals surface area contributed by atoms with E-state index in [0.717, 1.165) is 12.1 Å². The van der Waals surface area contributed by atoms with Gasteiger partial charge in [0.25, 0.3) is 0 Å². The number of carbonyl (C=O) groups is 1. The van der Waals surface area contributed by atoms with Gasteiger partial charge in [0.1, 0.15) is 11.4 Å². The predicted octanol–water partition coefficient (Wildman–Crippen LogP) is 3.51. The van der Waals surface area contributed by atoms with Gasteiger partial charge in [-0.2, -0.15) is 13.2 Å². The molecule has 1 fully saturated rings. The predicted molar refractivity (Wildman–Crippen MR) is 86.6 cm³/mol. The van der Waals surface area contributed by atoms with E-state index in [4.69, 9.17) is 0 Å². The minimum atomic E-state index is -4.46. The Morgan fingerprint density at radius 2 is 1.85 bits per heavy atom. The fourth-order valence-corrected chi connectivity index (χ4v) is 3.15. The lowest BCUT2D eigenvalue weighted by Gasteiger charge is -2.24. The van der Waals surface area contributed by atoms with Crippen molar-refractivity contribution >= 4 is 5.91 Å². The third kappa shape index (κ3) is 3.88. The van der Waals surface area contributed by atoms with E-state index in [2.05, 4.69) is 0 Å². The first kappa shape index (κ1) is 18.4. The van der Waals surface area contributed by atoms with Crippen molar-refractivity contribution in [1.29, 1.82) is 0 Å². The van der Waals surface area contributed by atoms with Gasteiger partial charge in [0, 0.05) is 6.54 Å². The quantitative estimate of drug-likeness (QED) is 0.844. The Morgan fingerprint density at radius 1 is 1.15 bits per heavy atom. The summed E-state index contributed by atoms with van der Waals surface area (Å²) in [6.45, 7) is 0.308. The summed E-state index contributed by atoms with van der Waals surface area (Å²) in [5.74, 6) is -0.782. The van der Waals surface area contributed by atoms with E-state index in [1.165, 1.54) is 41.3 Å². The van der Waals surface area contributed by atoms with Gasteiger partial charge in [-0.1, -0.05) is 30.3 Å². The molecule has 2 aromatic rings. The van der Waals surface area contributed by atoms with Crippen molar-refractivity contribution in [2.45, 2.75) is 24.6 Å². The SMILES string of the molecule is O=C(Cc1cccc(C(F)(F)F)c1)N1CC[C@@](O)(c2ccc(F)cc2)C1. The smallest absolute Gasteiger partial charge is 0.383 e. The van der Waals surface area contributed by atoms with Crippen LogP contribution in [0.2, 0.25) is 0 Å². The van der Waals surface area contributed by atoms with E-state index in [9.17, 15) is 27.5 Å². The molecule has 0 aromatic heterocycles. The second kappa shape index (κ2) is 6.72. The Kier molecular flexibility index (Phi) is 4.75. The average molecular weight is 367 g/mol. The monoisotopic (exact) mass is 367 g/mol. The Morgan fingerprint density at radius 3 is 2.50 bits per heavy atom. The van der Waals surface area contributed by atoms with E-state index < -0.39 is 23.2 Å². The summed E-state index contributed by atoms with van der Waals surface area (Å²) in [5, 5.41) is 10.7. The van der Waals surface area contributed by atoms with Crippen LogP contribution in [0, 0.1) is 5.82 Å². The number of amides is 1. The van der Waals surface area contributed by atoms with Crippen LogP contribution in [-0.2, 0) is 23.0 Å². The first-order valence-electron chi connectivity index (χ1n) is 8.10. The molecule has 26 heavy (non-hydrogen) atoms. The van der Waals surface area contributed by atoms with Gasteiger partial charge in [-0.15, -0.1) is 0 Å². The highest BCUT2D eigenvalue weighted by atomic mass is 19.4. The Hall–Kier alpha value is -2.41. The molecule has 1 amide bonds. The molecule has 1 aliphatic heterocycles. The first-order valence-corrected chi connectivity index (χ1v) is 8.10. The van der Waals surface area contributed by atoms with Gasteiger partial charge in [-0.3, -0.25) is 4.79 Å². The van der Waals surface area contributed by atoms with Crippen molar-refractivity contribution < 1.29 is 27.5 Å². The minimum absolute atomic E-state index is 0.0242. The molecule has 0 bridgehead atoms. The molecular weight excluding hydrogens is 350 g/mol. The Balaban J connectivity index is 1.69. The van der Waals surface area contributed by atoms with Gasteiger partial charge in [0.2, 0.25) is 5.91 Å². The van der Waals surface area contributed by atoms with Crippen LogP contribution in [0.15, 0.2) is 48.5 Å². The molecule has 3 rings (SSSR count). The number of alkyl halides is 3. The minimum Gasteiger partial charge on any atom is -0.383 e. The third-order valence-electron chi connectivity index (χ3n) is 4.59. The van der Waals surface area contributed by atoms with Gasteiger partial charge >= 0.3 is 6.18 Å². The summed E-state index contributed by atoms with van der Waals surface area (Å²) in [4.78, 5) is 13.8. The second-order valence-electron chi connectivity index (χ2n) is 6.48. The number of halogens is 4. The van der Waals surface area contributed by atoms with E-state index in [1.807, 2.05) is 0 Å². The molecule has 2 aromatic carbocycles. The van der Waals surface area contributed by atoms with E-state index in [0.29, 0.717) is 5.56 Å². The zero-order chi connectivity index (χ0) is 18.9. The molecule has 1 heterocycles. The molecular formula is C19H17F4NO2. The van der Waals surface area contributed by atoms with Crippen LogP contribution in [0.4, 0.5) is 17.6 Å². The zero-order valence-electron chi connectivity index (χ0n) is 13.8. The van der Waals surface area contributed by atoms with E-state index >= 15 is 0 Å². The molecule has 1 saturated heterocycles. The number of hydrogen-bond acceptors (Lipinski definition) is 2. The van der Waals surface area contributed by atoms with Crippen LogP contribution in [0.25, 0.3) is 0 Å². The van der Waals surface area contributed by atoms with Gasteiger partial charge in [-0.05, 0) is 35.7 Å². The summed E-state index contributed by atoms with van der Waals surface area (Å²) in [7, 11) is 0. The van der Waals surface area contributed by atoms with Crippen LogP contribution in [-0.4, -0.2) is 29.0 Å². The lowest BCUT2D eigenvalue weighted by Crippen LogP contribution is -2.35. The molecule has 1 atom stereocenters. The number of β-amino-alcohol motifs (C(OH)–C–C–N with tert-alkyl or cyclic N) is 1.